The van der Waals surface area contributed by atoms with Crippen molar-refractivity contribution in [3.63, 3.8) is 0 Å². The van der Waals surface area contributed by atoms with Crippen molar-refractivity contribution in [2.24, 2.45) is 4.99 Å². The van der Waals surface area contributed by atoms with Gasteiger partial charge in [0, 0.05) is 37.5 Å². The fraction of sp³-hybridized carbons (Fsp3) is 0.250. The van der Waals surface area contributed by atoms with Gasteiger partial charge in [0.25, 0.3) is 0 Å². The molecule has 0 saturated heterocycles. The first-order chi connectivity index (χ1) is 18.6. The van der Waals surface area contributed by atoms with Crippen LogP contribution in [0, 0.1) is 0 Å². The molecule has 38 heavy (non-hydrogen) atoms. The minimum Gasteiger partial charge on any atom is -0.511 e. The van der Waals surface area contributed by atoms with Gasteiger partial charge in [-0.25, -0.2) is 0 Å². The molecule has 6 nitrogen and oxygen atoms in total. The third-order valence-electron chi connectivity index (χ3n) is 7.54. The molecule has 1 unspecified atom stereocenters. The molecule has 3 aromatic carbocycles. The maximum Gasteiger partial charge on any atom is 0.168 e. The number of carbonyl (C=O) groups excluding carboxylic acids is 2. The van der Waals surface area contributed by atoms with Crippen LogP contribution in [0.25, 0.3) is 10.8 Å². The van der Waals surface area contributed by atoms with Crippen LogP contribution in [0.1, 0.15) is 65.4 Å². The summed E-state index contributed by atoms with van der Waals surface area (Å²) < 4.78 is 5.59. The van der Waals surface area contributed by atoms with E-state index in [9.17, 15) is 14.7 Å². The average Bonchev–Trinajstić information content (AvgIpc) is 3.36. The Morgan fingerprint density at radius 2 is 1.71 bits per heavy atom. The second-order valence-electron chi connectivity index (χ2n) is 10.0. The Bertz CT molecular complexity index is 1590. The van der Waals surface area contributed by atoms with Crippen LogP contribution in [-0.2, 0) is 17.6 Å². The predicted octanol–water partition coefficient (Wildman–Crippen LogP) is 7.01. The van der Waals surface area contributed by atoms with Crippen molar-refractivity contribution < 1.29 is 19.2 Å². The summed E-state index contributed by atoms with van der Waals surface area (Å²) >= 11 is 0. The van der Waals surface area contributed by atoms with Gasteiger partial charge >= 0.3 is 0 Å². The maximum absolute atomic E-state index is 13.1. The zero-order chi connectivity index (χ0) is 26.1. The summed E-state index contributed by atoms with van der Waals surface area (Å²) in [6.45, 7) is 0. The Kier molecular flexibility index (Phi) is 6.46. The molecule has 1 N–H and O–H groups in total. The van der Waals surface area contributed by atoms with E-state index in [0.717, 1.165) is 22.0 Å². The SMILES string of the molecule is O=C1CCCC(=Nc2cccc3ccccc23)C1=C(O)CCc1noc2c1C(=O)CC(c1ccccc1)C2. The number of hydrogen-bond acceptors (Lipinski definition) is 6. The van der Waals surface area contributed by atoms with Gasteiger partial charge in [-0.05, 0) is 35.8 Å². The number of aliphatic imine (C=N–C) groups is 1. The summed E-state index contributed by atoms with van der Waals surface area (Å²) in [5.41, 5.74) is 3.88. The molecule has 6 heteroatoms. The molecule has 1 aromatic heterocycles. The fourth-order valence-electron chi connectivity index (χ4n) is 5.65. The van der Waals surface area contributed by atoms with Gasteiger partial charge in [0.15, 0.2) is 11.6 Å². The molecule has 2 aliphatic rings. The zero-order valence-electron chi connectivity index (χ0n) is 21.0. The second kappa shape index (κ2) is 10.2. The normalized spacial score (nSPS) is 20.1. The topological polar surface area (TPSA) is 92.8 Å². The van der Waals surface area contributed by atoms with Crippen molar-refractivity contribution in [3.8, 4) is 0 Å². The number of allylic oxidation sites excluding steroid dienone is 2. The smallest absolute Gasteiger partial charge is 0.168 e. The summed E-state index contributed by atoms with van der Waals surface area (Å²) in [5.74, 6) is 0.576. The van der Waals surface area contributed by atoms with Crippen LogP contribution >= 0.6 is 0 Å². The van der Waals surface area contributed by atoms with E-state index >= 15 is 0 Å². The molecule has 0 amide bonds. The van der Waals surface area contributed by atoms with E-state index in [4.69, 9.17) is 9.52 Å². The van der Waals surface area contributed by atoms with Gasteiger partial charge in [-0.3, -0.25) is 14.6 Å². The van der Waals surface area contributed by atoms with Crippen molar-refractivity contribution >= 4 is 33.7 Å². The van der Waals surface area contributed by atoms with Crippen LogP contribution in [-0.4, -0.2) is 27.5 Å². The van der Waals surface area contributed by atoms with E-state index in [1.54, 1.807) is 0 Å². The molecular formula is C32H28N2O4. The number of benzene rings is 3. The van der Waals surface area contributed by atoms with Gasteiger partial charge in [0.05, 0.1) is 28.2 Å². The van der Waals surface area contributed by atoms with Crippen molar-refractivity contribution in [2.75, 3.05) is 0 Å². The highest BCUT2D eigenvalue weighted by molar-refractivity contribution is 6.25. The first-order valence-corrected chi connectivity index (χ1v) is 13.1. The number of hydrogen-bond donors (Lipinski definition) is 1. The molecule has 1 saturated carbocycles. The van der Waals surface area contributed by atoms with Gasteiger partial charge in [-0.2, -0.15) is 0 Å². The molecule has 190 valence electrons. The number of aliphatic hydroxyl groups excluding tert-OH is 1. The van der Waals surface area contributed by atoms with Gasteiger partial charge < -0.3 is 9.63 Å². The van der Waals surface area contributed by atoms with E-state index in [1.807, 2.05) is 72.8 Å². The number of ketones is 2. The van der Waals surface area contributed by atoms with E-state index in [2.05, 4.69) is 5.16 Å². The molecule has 0 aliphatic heterocycles. The predicted molar refractivity (Wildman–Crippen MR) is 146 cm³/mol. The molecule has 6 rings (SSSR count). The third kappa shape index (κ3) is 4.58. The van der Waals surface area contributed by atoms with Crippen LogP contribution in [0.5, 0.6) is 0 Å². The van der Waals surface area contributed by atoms with Crippen LogP contribution in [0.2, 0.25) is 0 Å². The van der Waals surface area contributed by atoms with E-state index < -0.39 is 0 Å². The molecule has 0 radical (unpaired) electrons. The number of aryl methyl sites for hydroxylation is 1. The summed E-state index contributed by atoms with van der Waals surface area (Å²) in [7, 11) is 0. The van der Waals surface area contributed by atoms with Gasteiger partial charge in [-0.15, -0.1) is 0 Å². The maximum atomic E-state index is 13.1. The number of fused-ring (bicyclic) bond motifs is 2. The zero-order valence-corrected chi connectivity index (χ0v) is 21.0. The molecule has 0 bridgehead atoms. The lowest BCUT2D eigenvalue weighted by molar-refractivity contribution is -0.115. The summed E-state index contributed by atoms with van der Waals surface area (Å²) in [5, 5.41) is 17.4. The van der Waals surface area contributed by atoms with Crippen LogP contribution in [0.15, 0.2) is 93.6 Å². The van der Waals surface area contributed by atoms with Crippen molar-refractivity contribution in [1.29, 1.82) is 0 Å². The van der Waals surface area contributed by atoms with Crippen LogP contribution < -0.4 is 0 Å². The Morgan fingerprint density at radius 1 is 0.921 bits per heavy atom. The first kappa shape index (κ1) is 24.0. The number of Topliss-reactive ketones (excluding diaryl/α,β-unsaturated/α-hetero) is 2. The quantitative estimate of drug-likeness (QED) is 0.233. The fourth-order valence-corrected chi connectivity index (χ4v) is 5.65. The van der Waals surface area contributed by atoms with Crippen LogP contribution in [0.3, 0.4) is 0 Å². The van der Waals surface area contributed by atoms with Gasteiger partial charge in [0.2, 0.25) is 0 Å². The lowest BCUT2D eigenvalue weighted by Gasteiger charge is -2.20. The first-order valence-electron chi connectivity index (χ1n) is 13.1. The Labute approximate surface area is 220 Å². The Morgan fingerprint density at radius 3 is 2.58 bits per heavy atom. The minimum atomic E-state index is -0.100. The van der Waals surface area contributed by atoms with Gasteiger partial charge in [0.1, 0.15) is 11.5 Å². The largest absolute Gasteiger partial charge is 0.511 e. The summed E-state index contributed by atoms with van der Waals surface area (Å²) in [6.07, 6.45) is 3.21. The molecule has 4 aromatic rings. The molecule has 0 spiro atoms. The summed E-state index contributed by atoms with van der Waals surface area (Å²) in [6, 6.07) is 23.9. The highest BCUT2D eigenvalue weighted by Crippen LogP contribution is 2.35. The van der Waals surface area contributed by atoms with Crippen molar-refractivity contribution in [3.05, 3.63) is 107 Å². The Balaban J connectivity index is 1.26. The Hall–Kier alpha value is -4.32. The lowest BCUT2D eigenvalue weighted by Crippen LogP contribution is -2.21. The highest BCUT2D eigenvalue weighted by atomic mass is 16.5. The van der Waals surface area contributed by atoms with E-state index in [1.165, 1.54) is 0 Å². The monoisotopic (exact) mass is 504 g/mol. The van der Waals surface area contributed by atoms with Crippen molar-refractivity contribution in [2.45, 2.75) is 50.9 Å². The molecule has 1 fully saturated rings. The number of carbonyl (C=O) groups is 2. The van der Waals surface area contributed by atoms with Crippen molar-refractivity contribution in [1.82, 2.24) is 5.16 Å². The molecule has 1 atom stereocenters. The number of aliphatic hydroxyl groups is 1. The third-order valence-corrected chi connectivity index (χ3v) is 7.54. The highest BCUT2D eigenvalue weighted by Gasteiger charge is 2.33. The number of nitrogens with zero attached hydrogens (tertiary/aromatic N) is 2. The van der Waals surface area contributed by atoms with Gasteiger partial charge in [-0.1, -0.05) is 71.9 Å². The lowest BCUT2D eigenvalue weighted by atomic mass is 9.81. The second-order valence-corrected chi connectivity index (χ2v) is 10.0. The molecular weight excluding hydrogens is 476 g/mol. The molecule has 2 aliphatic carbocycles. The number of rotatable bonds is 5. The molecule has 1 heterocycles. The minimum absolute atomic E-state index is 0.00384. The van der Waals surface area contributed by atoms with E-state index in [-0.39, 0.29) is 29.7 Å². The number of aromatic nitrogens is 1. The standard InChI is InChI=1S/C32H28N2O4/c35-27-15-7-14-25(33-24-13-6-11-21-10-4-5-12-23(21)24)31(27)28(36)17-16-26-32-29(37)18-22(19-30(32)38-34-26)20-8-2-1-3-9-20/h1-6,8-13,22,36H,7,14-19H2. The average molecular weight is 505 g/mol. The van der Waals surface area contributed by atoms with E-state index in [0.29, 0.717) is 66.8 Å². The summed E-state index contributed by atoms with van der Waals surface area (Å²) in [4.78, 5) is 30.8. The van der Waals surface area contributed by atoms with Crippen LogP contribution in [0.4, 0.5) is 5.69 Å².